The molecule has 3 rings (SSSR count). The number of amides is 1. The lowest BCUT2D eigenvalue weighted by molar-refractivity contribution is -0.128. The first-order valence-corrected chi connectivity index (χ1v) is 7.79. The van der Waals surface area contributed by atoms with Crippen LogP contribution in [-0.2, 0) is 17.8 Å². The second kappa shape index (κ2) is 6.86. The molecular formula is C16H16ClN5O2. The Kier molecular flexibility index (Phi) is 4.64. The number of anilines is 2. The molecule has 2 aromatic heterocycles. The zero-order valence-corrected chi connectivity index (χ0v) is 13.7. The first kappa shape index (κ1) is 16.2. The Morgan fingerprint density at radius 1 is 1.38 bits per heavy atom. The molecule has 0 bridgehead atoms. The van der Waals surface area contributed by atoms with E-state index >= 15 is 0 Å². The van der Waals surface area contributed by atoms with Crippen LogP contribution in [0, 0.1) is 0 Å². The molecule has 0 saturated heterocycles. The summed E-state index contributed by atoms with van der Waals surface area (Å²) in [5.74, 6) is -0.513. The second-order valence-electron chi connectivity index (χ2n) is 5.20. The molecule has 0 saturated carbocycles. The van der Waals surface area contributed by atoms with E-state index in [4.69, 9.17) is 16.8 Å². The number of carbonyl (C=O) groups excluding carboxylic acids is 1. The summed E-state index contributed by atoms with van der Waals surface area (Å²) in [5, 5.41) is 17.6. The largest absolute Gasteiger partial charge is 0.355 e. The van der Waals surface area contributed by atoms with Crippen molar-refractivity contribution < 1.29 is 10.0 Å². The van der Waals surface area contributed by atoms with Gasteiger partial charge in [-0.15, -0.1) is 0 Å². The Morgan fingerprint density at radius 2 is 2.21 bits per heavy atom. The fourth-order valence-corrected chi connectivity index (χ4v) is 2.70. The molecule has 1 amide bonds. The van der Waals surface area contributed by atoms with E-state index in [1.165, 1.54) is 0 Å². The Balaban J connectivity index is 1.88. The first-order chi connectivity index (χ1) is 11.6. The van der Waals surface area contributed by atoms with E-state index in [-0.39, 0.29) is 6.42 Å². The van der Waals surface area contributed by atoms with E-state index in [2.05, 4.69) is 15.4 Å². The molecule has 0 fully saturated rings. The molecular weight excluding hydrogens is 330 g/mol. The van der Waals surface area contributed by atoms with Crippen LogP contribution < -0.4 is 10.8 Å². The number of nitrogens with zero attached hydrogens (tertiary/aromatic N) is 3. The van der Waals surface area contributed by atoms with E-state index in [9.17, 15) is 4.79 Å². The van der Waals surface area contributed by atoms with E-state index < -0.39 is 5.91 Å². The Bertz CT molecular complexity index is 893. The third-order valence-electron chi connectivity index (χ3n) is 3.65. The van der Waals surface area contributed by atoms with Crippen LogP contribution in [0.5, 0.6) is 0 Å². The van der Waals surface area contributed by atoms with Crippen LogP contribution in [0.4, 0.5) is 11.4 Å². The molecule has 0 spiro atoms. The van der Waals surface area contributed by atoms with Crippen LogP contribution in [0.1, 0.15) is 12.5 Å². The van der Waals surface area contributed by atoms with Gasteiger partial charge in [-0.3, -0.25) is 10.0 Å². The Labute approximate surface area is 143 Å². The van der Waals surface area contributed by atoms with Gasteiger partial charge >= 0.3 is 0 Å². The van der Waals surface area contributed by atoms with Crippen LogP contribution in [0.15, 0.2) is 36.7 Å². The molecule has 24 heavy (non-hydrogen) atoms. The van der Waals surface area contributed by atoms with Gasteiger partial charge in [0.1, 0.15) is 0 Å². The summed E-state index contributed by atoms with van der Waals surface area (Å²) in [4.78, 5) is 15.6. The van der Waals surface area contributed by atoms with E-state index in [0.29, 0.717) is 10.6 Å². The maximum Gasteiger partial charge on any atom is 0.247 e. The van der Waals surface area contributed by atoms with Crippen LogP contribution in [0.3, 0.4) is 0 Å². The minimum Gasteiger partial charge on any atom is -0.355 e. The maximum absolute atomic E-state index is 11.2. The minimum atomic E-state index is -0.513. The number of halogens is 1. The Hall–Kier alpha value is -2.64. The lowest BCUT2D eigenvalue weighted by Crippen LogP contribution is -2.20. The highest BCUT2D eigenvalue weighted by atomic mass is 35.5. The summed E-state index contributed by atoms with van der Waals surface area (Å²) in [6.45, 7) is 2.75. The molecule has 124 valence electrons. The van der Waals surface area contributed by atoms with E-state index in [1.54, 1.807) is 30.0 Å². The summed E-state index contributed by atoms with van der Waals surface area (Å²) < 4.78 is 1.82. The summed E-state index contributed by atoms with van der Waals surface area (Å²) in [6, 6.07) is 7.17. The van der Waals surface area contributed by atoms with Crippen molar-refractivity contribution in [3.63, 3.8) is 0 Å². The number of pyridine rings is 1. The van der Waals surface area contributed by atoms with Gasteiger partial charge in [0.2, 0.25) is 5.91 Å². The molecule has 3 N–H and O–H groups in total. The number of aryl methyl sites for hydroxylation is 1. The van der Waals surface area contributed by atoms with Gasteiger partial charge in [-0.25, -0.2) is 15.1 Å². The standard InChI is InChI=1S/C16H16ClN5O2/c1-2-22-16-12(9-19-22)14(5-6-18-16)20-11-4-3-10(13(17)8-11)7-15(23)21-24/h3-6,8-9,24H,2,7H2,1H3,(H,18,20)(H,21,23). The molecule has 2 heterocycles. The summed E-state index contributed by atoms with van der Waals surface area (Å²) in [5.41, 5.74) is 4.69. The summed E-state index contributed by atoms with van der Waals surface area (Å²) >= 11 is 6.21. The monoisotopic (exact) mass is 345 g/mol. The third kappa shape index (κ3) is 3.17. The maximum atomic E-state index is 11.2. The third-order valence-corrected chi connectivity index (χ3v) is 4.00. The predicted molar refractivity (Wildman–Crippen MR) is 91.6 cm³/mol. The van der Waals surface area contributed by atoms with Crippen molar-refractivity contribution in [1.29, 1.82) is 0 Å². The lowest BCUT2D eigenvalue weighted by Gasteiger charge is -2.10. The first-order valence-electron chi connectivity index (χ1n) is 7.41. The number of hydrogen-bond donors (Lipinski definition) is 3. The summed E-state index contributed by atoms with van der Waals surface area (Å²) in [7, 11) is 0. The van der Waals surface area contributed by atoms with Crippen LogP contribution >= 0.6 is 11.6 Å². The molecule has 3 aromatic rings. The summed E-state index contributed by atoms with van der Waals surface area (Å²) in [6.07, 6.45) is 3.51. The number of nitrogens with one attached hydrogen (secondary N) is 2. The number of hydrogen-bond acceptors (Lipinski definition) is 5. The number of carbonyl (C=O) groups is 1. The van der Waals surface area contributed by atoms with Gasteiger partial charge in [0.25, 0.3) is 0 Å². The van der Waals surface area contributed by atoms with Crippen LogP contribution in [-0.4, -0.2) is 25.9 Å². The van der Waals surface area contributed by atoms with Gasteiger partial charge in [-0.2, -0.15) is 5.10 Å². The molecule has 0 aliphatic carbocycles. The normalized spacial score (nSPS) is 10.8. The number of aromatic nitrogens is 3. The number of fused-ring (bicyclic) bond motifs is 1. The molecule has 7 nitrogen and oxygen atoms in total. The van der Waals surface area contributed by atoms with Crippen molar-refractivity contribution in [2.45, 2.75) is 19.9 Å². The molecule has 0 aliphatic heterocycles. The zero-order chi connectivity index (χ0) is 17.1. The van der Waals surface area contributed by atoms with Crippen molar-refractivity contribution >= 4 is 39.9 Å². The molecule has 0 aliphatic rings. The van der Waals surface area contributed by atoms with Crippen molar-refractivity contribution in [2.24, 2.45) is 0 Å². The zero-order valence-electron chi connectivity index (χ0n) is 13.0. The number of hydroxylamine groups is 1. The topological polar surface area (TPSA) is 92.1 Å². The second-order valence-corrected chi connectivity index (χ2v) is 5.61. The molecule has 0 atom stereocenters. The van der Waals surface area contributed by atoms with Gasteiger partial charge in [-0.05, 0) is 30.7 Å². The van der Waals surface area contributed by atoms with Crippen molar-refractivity contribution in [1.82, 2.24) is 20.2 Å². The van der Waals surface area contributed by atoms with Crippen molar-refractivity contribution in [3.05, 3.63) is 47.2 Å². The average Bonchev–Trinajstić information content (AvgIpc) is 3.01. The highest BCUT2D eigenvalue weighted by Crippen LogP contribution is 2.28. The quantitative estimate of drug-likeness (QED) is 0.488. The van der Waals surface area contributed by atoms with Gasteiger partial charge in [0.05, 0.1) is 23.7 Å². The molecule has 8 heteroatoms. The number of benzene rings is 1. The Morgan fingerprint density at radius 3 is 2.92 bits per heavy atom. The highest BCUT2D eigenvalue weighted by Gasteiger charge is 2.10. The van der Waals surface area contributed by atoms with E-state index in [0.717, 1.165) is 29.0 Å². The predicted octanol–water partition coefficient (Wildman–Crippen LogP) is 2.90. The smallest absolute Gasteiger partial charge is 0.247 e. The molecule has 0 unspecified atom stereocenters. The van der Waals surface area contributed by atoms with Gasteiger partial charge in [-0.1, -0.05) is 17.7 Å². The van der Waals surface area contributed by atoms with Crippen LogP contribution in [0.2, 0.25) is 5.02 Å². The van der Waals surface area contributed by atoms with Crippen molar-refractivity contribution in [2.75, 3.05) is 5.32 Å². The van der Waals surface area contributed by atoms with Gasteiger partial charge < -0.3 is 5.32 Å². The minimum absolute atomic E-state index is 0.0123. The highest BCUT2D eigenvalue weighted by molar-refractivity contribution is 6.31. The molecule has 0 radical (unpaired) electrons. The van der Waals surface area contributed by atoms with Gasteiger partial charge in [0, 0.05) is 23.5 Å². The van der Waals surface area contributed by atoms with Gasteiger partial charge in [0.15, 0.2) is 5.65 Å². The molecule has 1 aromatic carbocycles. The number of rotatable bonds is 5. The van der Waals surface area contributed by atoms with E-state index in [1.807, 2.05) is 23.7 Å². The average molecular weight is 346 g/mol. The van der Waals surface area contributed by atoms with Crippen LogP contribution in [0.25, 0.3) is 11.0 Å². The SMILES string of the molecule is CCn1ncc2c(Nc3ccc(CC(=O)NO)c(Cl)c3)ccnc21. The van der Waals surface area contributed by atoms with Crippen molar-refractivity contribution in [3.8, 4) is 0 Å². The lowest BCUT2D eigenvalue weighted by atomic mass is 10.1. The fraction of sp³-hybridized carbons (Fsp3) is 0.188. The fourth-order valence-electron chi connectivity index (χ4n) is 2.45.